The quantitative estimate of drug-likeness (QED) is 0.578. The third kappa shape index (κ3) is 4.44. The molecule has 0 radical (unpaired) electrons. The summed E-state index contributed by atoms with van der Waals surface area (Å²) in [5.41, 5.74) is -0.189. The Bertz CT molecular complexity index is 559. The van der Waals surface area contributed by atoms with Gasteiger partial charge in [-0.05, 0) is 12.5 Å². The number of carbonyl (C=O) groups excluding carboxylic acids is 1. The number of carboxylic acid groups (broad SMARTS) is 1. The first-order chi connectivity index (χ1) is 9.86. The van der Waals surface area contributed by atoms with Crippen molar-refractivity contribution < 1.29 is 19.6 Å². The molecule has 8 nitrogen and oxygen atoms in total. The molecule has 0 heterocycles. The Hall–Kier alpha value is -2.64. The molecular formula is C13H17N3O5. The van der Waals surface area contributed by atoms with Crippen LogP contribution in [0.3, 0.4) is 0 Å². The molecule has 0 aliphatic carbocycles. The van der Waals surface area contributed by atoms with E-state index in [9.17, 15) is 19.7 Å². The molecule has 0 saturated heterocycles. The van der Waals surface area contributed by atoms with Gasteiger partial charge in [0.2, 0.25) is 5.91 Å². The summed E-state index contributed by atoms with van der Waals surface area (Å²) in [6, 6.07) is 3.44. The Kier molecular flexibility index (Phi) is 5.65. The van der Waals surface area contributed by atoms with E-state index in [2.05, 4.69) is 5.32 Å². The van der Waals surface area contributed by atoms with Crippen LogP contribution in [0.2, 0.25) is 0 Å². The van der Waals surface area contributed by atoms with E-state index in [-0.39, 0.29) is 29.4 Å². The minimum absolute atomic E-state index is 0.0819. The lowest BCUT2D eigenvalue weighted by molar-refractivity contribution is -0.384. The number of benzene rings is 1. The summed E-state index contributed by atoms with van der Waals surface area (Å²) in [6.07, 6.45) is 0.784. The van der Waals surface area contributed by atoms with Gasteiger partial charge in [-0.2, -0.15) is 0 Å². The number of carboxylic acids is 1. The van der Waals surface area contributed by atoms with Crippen LogP contribution in [0.15, 0.2) is 18.2 Å². The lowest BCUT2D eigenvalue weighted by Gasteiger charge is -2.20. The maximum atomic E-state index is 11.7. The Labute approximate surface area is 121 Å². The average molecular weight is 295 g/mol. The van der Waals surface area contributed by atoms with Crippen LogP contribution in [0.5, 0.6) is 0 Å². The number of non-ortho nitro benzene ring substituents is 1. The number of carbonyl (C=O) groups is 2. The van der Waals surface area contributed by atoms with Gasteiger partial charge in [0, 0.05) is 25.7 Å². The molecule has 0 aromatic heterocycles. The number of nitrogens with one attached hydrogen (secondary N) is 1. The van der Waals surface area contributed by atoms with Crippen molar-refractivity contribution in [3.05, 3.63) is 33.9 Å². The maximum absolute atomic E-state index is 11.7. The summed E-state index contributed by atoms with van der Waals surface area (Å²) in [5.74, 6) is -1.48. The van der Waals surface area contributed by atoms with Crippen molar-refractivity contribution in [3.8, 4) is 0 Å². The number of rotatable bonds is 7. The number of aromatic carboxylic acids is 1. The number of nitro benzene ring substituents is 1. The van der Waals surface area contributed by atoms with Crippen LogP contribution in [-0.2, 0) is 4.79 Å². The van der Waals surface area contributed by atoms with Crippen LogP contribution in [0.1, 0.15) is 23.7 Å². The van der Waals surface area contributed by atoms with Crippen molar-refractivity contribution in [3.63, 3.8) is 0 Å². The molecular weight excluding hydrogens is 278 g/mol. The van der Waals surface area contributed by atoms with Crippen LogP contribution >= 0.6 is 0 Å². The molecule has 21 heavy (non-hydrogen) atoms. The highest BCUT2D eigenvalue weighted by atomic mass is 16.6. The van der Waals surface area contributed by atoms with Gasteiger partial charge in [0.05, 0.1) is 22.7 Å². The number of likely N-dealkylation sites (N-methyl/N-ethyl adjacent to an activating group) is 1. The zero-order chi connectivity index (χ0) is 16.0. The fourth-order valence-electron chi connectivity index (χ4n) is 1.75. The number of hydrogen-bond acceptors (Lipinski definition) is 5. The van der Waals surface area contributed by atoms with E-state index in [1.54, 1.807) is 0 Å². The molecule has 114 valence electrons. The molecule has 0 bridgehead atoms. The van der Waals surface area contributed by atoms with Gasteiger partial charge in [0.25, 0.3) is 5.69 Å². The van der Waals surface area contributed by atoms with Gasteiger partial charge in [-0.15, -0.1) is 0 Å². The molecule has 0 aliphatic heterocycles. The minimum atomic E-state index is -1.21. The van der Waals surface area contributed by atoms with Gasteiger partial charge in [-0.3, -0.25) is 14.9 Å². The summed E-state index contributed by atoms with van der Waals surface area (Å²) in [5, 5.41) is 22.6. The van der Waals surface area contributed by atoms with E-state index in [0.29, 0.717) is 6.54 Å². The molecule has 0 unspecified atom stereocenters. The first-order valence-electron chi connectivity index (χ1n) is 6.36. The zero-order valence-corrected chi connectivity index (χ0v) is 11.8. The van der Waals surface area contributed by atoms with Crippen molar-refractivity contribution in [1.29, 1.82) is 0 Å². The highest BCUT2D eigenvalue weighted by Gasteiger charge is 2.19. The smallest absolute Gasteiger partial charge is 0.337 e. The fourth-order valence-corrected chi connectivity index (χ4v) is 1.75. The number of nitro groups is 1. The van der Waals surface area contributed by atoms with E-state index in [1.807, 2.05) is 6.92 Å². The summed E-state index contributed by atoms with van der Waals surface area (Å²) in [4.78, 5) is 34.4. The van der Waals surface area contributed by atoms with Crippen LogP contribution in [0.25, 0.3) is 0 Å². The minimum Gasteiger partial charge on any atom is -0.478 e. The largest absolute Gasteiger partial charge is 0.478 e. The van der Waals surface area contributed by atoms with Crippen molar-refractivity contribution in [2.24, 2.45) is 0 Å². The maximum Gasteiger partial charge on any atom is 0.337 e. The Balaban J connectivity index is 3.02. The van der Waals surface area contributed by atoms with E-state index < -0.39 is 10.9 Å². The second-order valence-electron chi connectivity index (χ2n) is 4.47. The highest BCUT2D eigenvalue weighted by Crippen LogP contribution is 2.25. The molecule has 0 spiro atoms. The van der Waals surface area contributed by atoms with Crippen molar-refractivity contribution >= 4 is 23.3 Å². The van der Waals surface area contributed by atoms with Gasteiger partial charge in [0.15, 0.2) is 0 Å². The van der Waals surface area contributed by atoms with Gasteiger partial charge in [-0.25, -0.2) is 4.79 Å². The predicted octanol–water partition coefficient (Wildman–Crippen LogP) is 1.26. The van der Waals surface area contributed by atoms with Gasteiger partial charge in [-0.1, -0.05) is 6.92 Å². The molecule has 1 aromatic carbocycles. The molecule has 1 amide bonds. The first kappa shape index (κ1) is 16.4. The molecule has 2 N–H and O–H groups in total. The van der Waals surface area contributed by atoms with E-state index in [4.69, 9.17) is 5.11 Å². The Morgan fingerprint density at radius 1 is 1.43 bits per heavy atom. The van der Waals surface area contributed by atoms with Gasteiger partial charge in [0.1, 0.15) is 0 Å². The molecule has 1 aromatic rings. The molecule has 0 saturated carbocycles. The SMILES string of the molecule is CCCNC(=O)CN(C)c1cc([N+](=O)[O-])ccc1C(=O)O. The van der Waals surface area contributed by atoms with Crippen LogP contribution in [-0.4, -0.2) is 42.0 Å². The summed E-state index contributed by atoms with van der Waals surface area (Å²) >= 11 is 0. The monoisotopic (exact) mass is 295 g/mol. The third-order valence-corrected chi connectivity index (χ3v) is 2.79. The van der Waals surface area contributed by atoms with Crippen LogP contribution in [0, 0.1) is 10.1 Å². The molecule has 0 aliphatic rings. The summed E-state index contributed by atoms with van der Waals surface area (Å²) in [7, 11) is 1.51. The molecule has 1 rings (SSSR count). The van der Waals surface area contributed by atoms with E-state index in [0.717, 1.165) is 24.6 Å². The topological polar surface area (TPSA) is 113 Å². The van der Waals surface area contributed by atoms with Crippen LogP contribution in [0.4, 0.5) is 11.4 Å². The van der Waals surface area contributed by atoms with Crippen molar-refractivity contribution in [2.75, 3.05) is 25.0 Å². The van der Waals surface area contributed by atoms with E-state index >= 15 is 0 Å². The van der Waals surface area contributed by atoms with Crippen molar-refractivity contribution in [1.82, 2.24) is 5.32 Å². The fraction of sp³-hybridized carbons (Fsp3) is 0.385. The Morgan fingerprint density at radius 2 is 2.10 bits per heavy atom. The normalized spacial score (nSPS) is 10.0. The second-order valence-corrected chi connectivity index (χ2v) is 4.47. The standard InChI is InChI=1S/C13H17N3O5/c1-3-6-14-12(17)8-15(2)11-7-9(16(20)21)4-5-10(11)13(18)19/h4-5,7H,3,6,8H2,1-2H3,(H,14,17)(H,18,19). The number of nitrogens with zero attached hydrogens (tertiary/aromatic N) is 2. The summed E-state index contributed by atoms with van der Waals surface area (Å²) in [6.45, 7) is 2.35. The first-order valence-corrected chi connectivity index (χ1v) is 6.36. The highest BCUT2D eigenvalue weighted by molar-refractivity contribution is 5.96. The lowest BCUT2D eigenvalue weighted by Crippen LogP contribution is -2.36. The lowest BCUT2D eigenvalue weighted by atomic mass is 10.1. The molecule has 0 fully saturated rings. The molecule has 0 atom stereocenters. The van der Waals surface area contributed by atoms with Gasteiger partial charge < -0.3 is 15.3 Å². The predicted molar refractivity (Wildman–Crippen MR) is 76.6 cm³/mol. The van der Waals surface area contributed by atoms with Gasteiger partial charge >= 0.3 is 5.97 Å². The second kappa shape index (κ2) is 7.22. The molecule has 8 heteroatoms. The third-order valence-electron chi connectivity index (χ3n) is 2.79. The van der Waals surface area contributed by atoms with Crippen LogP contribution < -0.4 is 10.2 Å². The number of amides is 1. The van der Waals surface area contributed by atoms with E-state index in [1.165, 1.54) is 11.9 Å². The summed E-state index contributed by atoms with van der Waals surface area (Å²) < 4.78 is 0. The zero-order valence-electron chi connectivity index (χ0n) is 11.8. The number of hydrogen-bond donors (Lipinski definition) is 2. The van der Waals surface area contributed by atoms with Crippen molar-refractivity contribution in [2.45, 2.75) is 13.3 Å². The number of anilines is 1. The average Bonchev–Trinajstić information content (AvgIpc) is 2.44. The Morgan fingerprint density at radius 3 is 2.62 bits per heavy atom.